The van der Waals surface area contributed by atoms with E-state index in [1.807, 2.05) is 13.0 Å². The fraction of sp³-hybridized carbons (Fsp3) is 0.250. The van der Waals surface area contributed by atoms with Gasteiger partial charge in [-0.1, -0.05) is 17.7 Å². The van der Waals surface area contributed by atoms with Crippen LogP contribution in [0.15, 0.2) is 45.6 Å². The predicted molar refractivity (Wildman–Crippen MR) is 95.2 cm³/mol. The van der Waals surface area contributed by atoms with Gasteiger partial charge in [-0.2, -0.15) is 0 Å². The van der Waals surface area contributed by atoms with E-state index in [-0.39, 0.29) is 5.63 Å². The van der Waals surface area contributed by atoms with Gasteiger partial charge >= 0.3 is 5.63 Å². The Balaban J connectivity index is 1.99. The van der Waals surface area contributed by atoms with E-state index in [2.05, 4.69) is 50.4 Å². The third-order valence-corrected chi connectivity index (χ3v) is 4.30. The molecule has 1 heterocycles. The Morgan fingerprint density at radius 3 is 2.39 bits per heavy atom. The Labute approximate surface area is 136 Å². The van der Waals surface area contributed by atoms with Gasteiger partial charge < -0.3 is 9.73 Å². The summed E-state index contributed by atoms with van der Waals surface area (Å²) in [4.78, 5) is 11.8. The van der Waals surface area contributed by atoms with Crippen molar-refractivity contribution in [1.29, 1.82) is 0 Å². The van der Waals surface area contributed by atoms with Crippen molar-refractivity contribution in [2.24, 2.45) is 0 Å². The van der Waals surface area contributed by atoms with Crippen LogP contribution in [-0.2, 0) is 6.54 Å². The van der Waals surface area contributed by atoms with Crippen LogP contribution in [0.5, 0.6) is 0 Å². The van der Waals surface area contributed by atoms with Gasteiger partial charge in [-0.3, -0.25) is 0 Å². The monoisotopic (exact) mass is 307 g/mol. The second-order valence-corrected chi connectivity index (χ2v) is 6.20. The van der Waals surface area contributed by atoms with Gasteiger partial charge in [0, 0.05) is 23.7 Å². The van der Waals surface area contributed by atoms with Crippen LogP contribution in [-0.4, -0.2) is 0 Å². The number of hydrogen-bond donors (Lipinski definition) is 1. The van der Waals surface area contributed by atoms with Gasteiger partial charge in [-0.05, 0) is 68.1 Å². The lowest BCUT2D eigenvalue weighted by Gasteiger charge is -2.12. The molecule has 3 heteroatoms. The first kappa shape index (κ1) is 15.3. The first-order valence-corrected chi connectivity index (χ1v) is 7.79. The number of nitrogens with one attached hydrogen (secondary N) is 1. The highest BCUT2D eigenvalue weighted by atomic mass is 16.4. The predicted octanol–water partition coefficient (Wildman–Crippen LogP) is 4.64. The van der Waals surface area contributed by atoms with E-state index < -0.39 is 0 Å². The average molecular weight is 307 g/mol. The SMILES string of the molecule is Cc1ccc(NCc2cc(=O)oc3cc(C)c(C)cc23)c(C)c1. The molecule has 0 spiro atoms. The molecule has 0 radical (unpaired) electrons. The summed E-state index contributed by atoms with van der Waals surface area (Å²) in [6, 6.07) is 11.9. The standard InChI is InChI=1S/C20H21NO2/c1-12-5-6-18(15(4)7-12)21-11-16-10-20(22)23-19-9-14(3)13(2)8-17(16)19/h5-10,21H,11H2,1-4H3. The van der Waals surface area contributed by atoms with Gasteiger partial charge in [0.1, 0.15) is 5.58 Å². The fourth-order valence-corrected chi connectivity index (χ4v) is 2.83. The highest BCUT2D eigenvalue weighted by Gasteiger charge is 2.08. The minimum Gasteiger partial charge on any atom is -0.423 e. The third kappa shape index (κ3) is 3.14. The fourth-order valence-electron chi connectivity index (χ4n) is 2.83. The summed E-state index contributed by atoms with van der Waals surface area (Å²) in [7, 11) is 0. The molecule has 3 nitrogen and oxygen atoms in total. The topological polar surface area (TPSA) is 42.2 Å². The minimum absolute atomic E-state index is 0.307. The summed E-state index contributed by atoms with van der Waals surface area (Å²) < 4.78 is 5.35. The number of aryl methyl sites for hydroxylation is 4. The highest BCUT2D eigenvalue weighted by Crippen LogP contribution is 2.23. The van der Waals surface area contributed by atoms with Crippen molar-refractivity contribution in [3.05, 3.63) is 74.6 Å². The molecule has 0 aliphatic heterocycles. The van der Waals surface area contributed by atoms with E-state index in [0.717, 1.165) is 22.2 Å². The van der Waals surface area contributed by atoms with Crippen LogP contribution in [0.1, 0.15) is 27.8 Å². The molecule has 0 aliphatic rings. The van der Waals surface area contributed by atoms with E-state index in [0.29, 0.717) is 12.1 Å². The zero-order chi connectivity index (χ0) is 16.6. The molecule has 3 rings (SSSR count). The summed E-state index contributed by atoms with van der Waals surface area (Å²) in [6.45, 7) is 8.85. The molecule has 1 N–H and O–H groups in total. The molecule has 0 atom stereocenters. The molecule has 2 aromatic carbocycles. The van der Waals surface area contributed by atoms with Crippen LogP contribution in [0.4, 0.5) is 5.69 Å². The highest BCUT2D eigenvalue weighted by molar-refractivity contribution is 5.82. The maximum absolute atomic E-state index is 11.8. The molecule has 1 aromatic heterocycles. The molecule has 23 heavy (non-hydrogen) atoms. The zero-order valence-electron chi connectivity index (χ0n) is 14.0. The van der Waals surface area contributed by atoms with Crippen LogP contribution < -0.4 is 10.9 Å². The molecule has 0 saturated carbocycles. The second-order valence-electron chi connectivity index (χ2n) is 6.20. The molecule has 0 saturated heterocycles. The number of fused-ring (bicyclic) bond motifs is 1. The van der Waals surface area contributed by atoms with Gasteiger partial charge in [-0.25, -0.2) is 4.79 Å². The van der Waals surface area contributed by atoms with E-state index in [4.69, 9.17) is 4.42 Å². The molecular formula is C20H21NO2. The summed E-state index contributed by atoms with van der Waals surface area (Å²) in [5, 5.41) is 4.42. The number of anilines is 1. The van der Waals surface area contributed by atoms with Crippen LogP contribution in [0, 0.1) is 27.7 Å². The van der Waals surface area contributed by atoms with Crippen molar-refractivity contribution in [3.8, 4) is 0 Å². The van der Waals surface area contributed by atoms with Crippen LogP contribution >= 0.6 is 0 Å². The Morgan fingerprint density at radius 1 is 0.913 bits per heavy atom. The Hall–Kier alpha value is -2.55. The van der Waals surface area contributed by atoms with Gasteiger partial charge in [0.15, 0.2) is 0 Å². The normalized spacial score (nSPS) is 11.0. The van der Waals surface area contributed by atoms with Crippen molar-refractivity contribution in [2.75, 3.05) is 5.32 Å². The van der Waals surface area contributed by atoms with E-state index in [1.54, 1.807) is 6.07 Å². The van der Waals surface area contributed by atoms with Crippen LogP contribution in [0.25, 0.3) is 11.0 Å². The smallest absolute Gasteiger partial charge is 0.336 e. The quantitative estimate of drug-likeness (QED) is 0.717. The molecule has 0 amide bonds. The third-order valence-electron chi connectivity index (χ3n) is 4.30. The van der Waals surface area contributed by atoms with Crippen LogP contribution in [0.2, 0.25) is 0 Å². The lowest BCUT2D eigenvalue weighted by atomic mass is 10.0. The van der Waals surface area contributed by atoms with Crippen molar-refractivity contribution >= 4 is 16.7 Å². The van der Waals surface area contributed by atoms with E-state index in [9.17, 15) is 4.79 Å². The summed E-state index contributed by atoms with van der Waals surface area (Å²) in [6.07, 6.45) is 0. The summed E-state index contributed by atoms with van der Waals surface area (Å²) in [5.41, 5.74) is 7.14. The Kier molecular flexibility index (Phi) is 3.95. The molecular weight excluding hydrogens is 286 g/mol. The molecule has 0 bridgehead atoms. The minimum atomic E-state index is -0.307. The van der Waals surface area contributed by atoms with Gasteiger partial charge in [0.2, 0.25) is 0 Å². The lowest BCUT2D eigenvalue weighted by Crippen LogP contribution is -2.07. The Morgan fingerprint density at radius 2 is 1.65 bits per heavy atom. The average Bonchev–Trinajstić information content (AvgIpc) is 2.48. The van der Waals surface area contributed by atoms with Gasteiger partial charge in [0.05, 0.1) is 0 Å². The lowest BCUT2D eigenvalue weighted by molar-refractivity contribution is 0.559. The van der Waals surface area contributed by atoms with Gasteiger partial charge in [0.25, 0.3) is 0 Å². The van der Waals surface area contributed by atoms with Crippen molar-refractivity contribution in [2.45, 2.75) is 34.2 Å². The first-order valence-electron chi connectivity index (χ1n) is 7.79. The van der Waals surface area contributed by atoms with Crippen molar-refractivity contribution in [3.63, 3.8) is 0 Å². The maximum atomic E-state index is 11.8. The molecule has 3 aromatic rings. The van der Waals surface area contributed by atoms with Gasteiger partial charge in [-0.15, -0.1) is 0 Å². The molecule has 0 aliphatic carbocycles. The van der Waals surface area contributed by atoms with Crippen LogP contribution in [0.3, 0.4) is 0 Å². The van der Waals surface area contributed by atoms with Crippen molar-refractivity contribution < 1.29 is 4.42 Å². The maximum Gasteiger partial charge on any atom is 0.336 e. The molecule has 118 valence electrons. The van der Waals surface area contributed by atoms with E-state index >= 15 is 0 Å². The number of rotatable bonds is 3. The largest absolute Gasteiger partial charge is 0.423 e. The molecule has 0 fully saturated rings. The Bertz CT molecular complexity index is 938. The van der Waals surface area contributed by atoms with E-state index in [1.165, 1.54) is 16.7 Å². The number of hydrogen-bond acceptors (Lipinski definition) is 3. The zero-order valence-corrected chi connectivity index (χ0v) is 14.0. The number of benzene rings is 2. The van der Waals surface area contributed by atoms with Crippen molar-refractivity contribution in [1.82, 2.24) is 0 Å². The summed E-state index contributed by atoms with van der Waals surface area (Å²) >= 11 is 0. The summed E-state index contributed by atoms with van der Waals surface area (Å²) in [5.74, 6) is 0. The molecule has 0 unspecified atom stereocenters. The first-order chi connectivity index (χ1) is 10.9. The second kappa shape index (κ2) is 5.92.